The summed E-state index contributed by atoms with van der Waals surface area (Å²) in [6.45, 7) is 6.40. The zero-order valence-corrected chi connectivity index (χ0v) is 8.29. The van der Waals surface area contributed by atoms with Crippen molar-refractivity contribution < 1.29 is 4.52 Å². The summed E-state index contributed by atoms with van der Waals surface area (Å²) in [5, 5.41) is 6.88. The SMILES string of the molecule is CCC(C)CNCCc1ncno1. The fourth-order valence-corrected chi connectivity index (χ4v) is 0.994. The second kappa shape index (κ2) is 5.70. The summed E-state index contributed by atoms with van der Waals surface area (Å²) in [5.41, 5.74) is 0. The van der Waals surface area contributed by atoms with Crippen molar-refractivity contribution in [3.05, 3.63) is 12.2 Å². The molecule has 0 spiro atoms. The van der Waals surface area contributed by atoms with E-state index in [4.69, 9.17) is 4.52 Å². The van der Waals surface area contributed by atoms with Crippen molar-refractivity contribution in [3.8, 4) is 0 Å². The lowest BCUT2D eigenvalue weighted by Gasteiger charge is -2.08. The van der Waals surface area contributed by atoms with Crippen molar-refractivity contribution in [2.24, 2.45) is 5.92 Å². The Morgan fingerprint density at radius 3 is 3.08 bits per heavy atom. The minimum absolute atomic E-state index is 0.705. The average molecular weight is 183 g/mol. The highest BCUT2D eigenvalue weighted by molar-refractivity contribution is 4.75. The fraction of sp³-hybridized carbons (Fsp3) is 0.778. The summed E-state index contributed by atoms with van der Waals surface area (Å²) in [4.78, 5) is 3.94. The van der Waals surface area contributed by atoms with Gasteiger partial charge in [0.25, 0.3) is 0 Å². The Bertz CT molecular complexity index is 211. The van der Waals surface area contributed by atoms with Gasteiger partial charge < -0.3 is 9.84 Å². The molecule has 0 amide bonds. The van der Waals surface area contributed by atoms with E-state index in [-0.39, 0.29) is 0 Å². The van der Waals surface area contributed by atoms with Crippen molar-refractivity contribution in [1.82, 2.24) is 15.5 Å². The minimum atomic E-state index is 0.705. The number of hydrogen-bond acceptors (Lipinski definition) is 4. The Labute approximate surface area is 78.7 Å². The van der Waals surface area contributed by atoms with Crippen LogP contribution in [-0.2, 0) is 6.42 Å². The molecule has 1 heterocycles. The van der Waals surface area contributed by atoms with Gasteiger partial charge in [-0.15, -0.1) is 0 Å². The first-order chi connectivity index (χ1) is 6.33. The zero-order chi connectivity index (χ0) is 9.52. The van der Waals surface area contributed by atoms with Gasteiger partial charge >= 0.3 is 0 Å². The molecule has 74 valence electrons. The van der Waals surface area contributed by atoms with Gasteiger partial charge in [0.15, 0.2) is 6.33 Å². The van der Waals surface area contributed by atoms with Crippen LogP contribution in [-0.4, -0.2) is 23.2 Å². The molecule has 1 aromatic heterocycles. The van der Waals surface area contributed by atoms with E-state index < -0.39 is 0 Å². The van der Waals surface area contributed by atoms with Gasteiger partial charge in [0.1, 0.15) is 0 Å². The molecule has 1 aromatic rings. The maximum atomic E-state index is 4.87. The van der Waals surface area contributed by atoms with E-state index in [0.717, 1.165) is 25.4 Å². The van der Waals surface area contributed by atoms with Crippen LogP contribution in [0.5, 0.6) is 0 Å². The van der Waals surface area contributed by atoms with Crippen molar-refractivity contribution >= 4 is 0 Å². The highest BCUT2D eigenvalue weighted by Gasteiger charge is 2.00. The van der Waals surface area contributed by atoms with E-state index in [1.165, 1.54) is 12.7 Å². The first kappa shape index (κ1) is 10.2. The van der Waals surface area contributed by atoms with Crippen LogP contribution in [0.2, 0.25) is 0 Å². The molecule has 0 bridgehead atoms. The lowest BCUT2D eigenvalue weighted by atomic mass is 10.1. The molecule has 0 saturated carbocycles. The van der Waals surface area contributed by atoms with Crippen LogP contribution in [0.3, 0.4) is 0 Å². The van der Waals surface area contributed by atoms with Crippen LogP contribution in [0.15, 0.2) is 10.9 Å². The molecular weight excluding hydrogens is 166 g/mol. The van der Waals surface area contributed by atoms with Gasteiger partial charge in [0.05, 0.1) is 0 Å². The van der Waals surface area contributed by atoms with Gasteiger partial charge in [0, 0.05) is 13.0 Å². The Morgan fingerprint density at radius 1 is 1.62 bits per heavy atom. The van der Waals surface area contributed by atoms with Crippen molar-refractivity contribution in [2.45, 2.75) is 26.7 Å². The molecule has 0 saturated heterocycles. The van der Waals surface area contributed by atoms with E-state index in [2.05, 4.69) is 29.3 Å². The summed E-state index contributed by atoms with van der Waals surface area (Å²) < 4.78 is 4.87. The second-order valence-electron chi connectivity index (χ2n) is 3.30. The van der Waals surface area contributed by atoms with E-state index in [1.807, 2.05) is 0 Å². The third kappa shape index (κ3) is 4.03. The summed E-state index contributed by atoms with van der Waals surface area (Å²) in [5.74, 6) is 1.44. The molecule has 0 fully saturated rings. The van der Waals surface area contributed by atoms with Crippen molar-refractivity contribution in [3.63, 3.8) is 0 Å². The van der Waals surface area contributed by atoms with Gasteiger partial charge in [-0.1, -0.05) is 25.4 Å². The number of nitrogens with zero attached hydrogens (tertiary/aromatic N) is 2. The van der Waals surface area contributed by atoms with Gasteiger partial charge in [-0.2, -0.15) is 4.98 Å². The molecule has 0 aromatic carbocycles. The van der Waals surface area contributed by atoms with Crippen molar-refractivity contribution in [2.75, 3.05) is 13.1 Å². The van der Waals surface area contributed by atoms with Gasteiger partial charge in [-0.05, 0) is 12.5 Å². The fourth-order valence-electron chi connectivity index (χ4n) is 0.994. The number of aromatic nitrogens is 2. The highest BCUT2D eigenvalue weighted by atomic mass is 16.5. The summed E-state index contributed by atoms with van der Waals surface area (Å²) >= 11 is 0. The molecule has 0 aliphatic rings. The molecule has 1 atom stereocenters. The Morgan fingerprint density at radius 2 is 2.46 bits per heavy atom. The van der Waals surface area contributed by atoms with Crippen LogP contribution in [0.4, 0.5) is 0 Å². The first-order valence-electron chi connectivity index (χ1n) is 4.79. The predicted octanol–water partition coefficient (Wildman–Crippen LogP) is 1.25. The number of hydrogen-bond donors (Lipinski definition) is 1. The molecule has 1 unspecified atom stereocenters. The molecule has 1 N–H and O–H groups in total. The summed E-state index contributed by atoms with van der Waals surface area (Å²) in [6.07, 6.45) is 3.47. The average Bonchev–Trinajstić information content (AvgIpc) is 2.64. The Hall–Kier alpha value is -0.900. The van der Waals surface area contributed by atoms with Crippen molar-refractivity contribution in [1.29, 1.82) is 0 Å². The lowest BCUT2D eigenvalue weighted by Crippen LogP contribution is -2.23. The third-order valence-corrected chi connectivity index (χ3v) is 2.11. The predicted molar refractivity (Wildman–Crippen MR) is 50.3 cm³/mol. The third-order valence-electron chi connectivity index (χ3n) is 2.11. The second-order valence-corrected chi connectivity index (χ2v) is 3.30. The van der Waals surface area contributed by atoms with E-state index in [0.29, 0.717) is 5.89 Å². The maximum Gasteiger partial charge on any atom is 0.227 e. The van der Waals surface area contributed by atoms with Crippen LogP contribution in [0.25, 0.3) is 0 Å². The summed E-state index contributed by atoms with van der Waals surface area (Å²) in [6, 6.07) is 0. The van der Waals surface area contributed by atoms with Gasteiger partial charge in [0.2, 0.25) is 5.89 Å². The van der Waals surface area contributed by atoms with Crippen LogP contribution < -0.4 is 5.32 Å². The van der Waals surface area contributed by atoms with Gasteiger partial charge in [-0.25, -0.2) is 0 Å². The highest BCUT2D eigenvalue weighted by Crippen LogP contribution is 1.97. The summed E-state index contributed by atoms with van der Waals surface area (Å²) in [7, 11) is 0. The standard InChI is InChI=1S/C9H17N3O/c1-3-8(2)6-10-5-4-9-11-7-12-13-9/h7-8,10H,3-6H2,1-2H3. The monoisotopic (exact) mass is 183 g/mol. The number of rotatable bonds is 6. The lowest BCUT2D eigenvalue weighted by molar-refractivity contribution is 0.372. The van der Waals surface area contributed by atoms with Crippen LogP contribution in [0, 0.1) is 5.92 Å². The first-order valence-corrected chi connectivity index (χ1v) is 4.79. The maximum absolute atomic E-state index is 4.87. The van der Waals surface area contributed by atoms with E-state index in [9.17, 15) is 0 Å². The quantitative estimate of drug-likeness (QED) is 0.674. The smallest absolute Gasteiger partial charge is 0.227 e. The van der Waals surface area contributed by atoms with Crippen LogP contribution >= 0.6 is 0 Å². The van der Waals surface area contributed by atoms with E-state index in [1.54, 1.807) is 0 Å². The topological polar surface area (TPSA) is 51.0 Å². The largest absolute Gasteiger partial charge is 0.340 e. The molecule has 0 aliphatic heterocycles. The van der Waals surface area contributed by atoms with E-state index >= 15 is 0 Å². The molecule has 0 radical (unpaired) electrons. The minimum Gasteiger partial charge on any atom is -0.340 e. The molecule has 4 heteroatoms. The molecule has 0 aliphatic carbocycles. The number of nitrogens with one attached hydrogen (secondary N) is 1. The Kier molecular flexibility index (Phi) is 4.46. The molecule has 13 heavy (non-hydrogen) atoms. The normalized spacial score (nSPS) is 13.1. The molecule has 4 nitrogen and oxygen atoms in total. The van der Waals surface area contributed by atoms with Gasteiger partial charge in [-0.3, -0.25) is 0 Å². The van der Waals surface area contributed by atoms with Crippen LogP contribution in [0.1, 0.15) is 26.2 Å². The molecular formula is C9H17N3O. The Balaban J connectivity index is 2.02. The zero-order valence-electron chi connectivity index (χ0n) is 8.29. The molecule has 1 rings (SSSR count).